The zero-order chi connectivity index (χ0) is 43.8. The van der Waals surface area contributed by atoms with Crippen LogP contribution in [0.1, 0.15) is 85.6 Å². The van der Waals surface area contributed by atoms with E-state index >= 15 is 0 Å². The molecule has 4 aliphatic heterocycles. The van der Waals surface area contributed by atoms with Crippen molar-refractivity contribution in [1.82, 2.24) is 25.0 Å². The van der Waals surface area contributed by atoms with E-state index in [9.17, 15) is 29.2 Å². The third kappa shape index (κ3) is 8.58. The van der Waals surface area contributed by atoms with Crippen LogP contribution in [0.25, 0.3) is 0 Å². The standard InChI is InChI=1S/C46H52ClN9O6/c1-5-32-26-54(33-8-6-30(22-48)39(47)20-33)28(4)24-55(32)46(61)50-31-7-12-41(49-23-31)52-16-14-29(15-17-52)25-53(27(2)3)34-18-36(19-34)62-35-9-10-37-38(21-35)45(60)56(44(37)59)40-11-13-42(57)51-43(40)58/h5-10,12,20-21,23,27-29,32,34,36,40H,1,11,13-19,24-26H2,2-4H3,(H,50,61)(H,51,57,58)/t28-,32+,34?,36?,40?/m0/s1. The van der Waals surface area contributed by atoms with Crippen LogP contribution < -0.4 is 25.2 Å². The molecule has 2 N–H and O–H groups in total. The van der Waals surface area contributed by atoms with E-state index in [1.807, 2.05) is 18.2 Å². The molecule has 2 aromatic carbocycles. The number of imide groups is 2. The summed E-state index contributed by atoms with van der Waals surface area (Å²) in [5, 5.41) is 14.9. The third-order valence-electron chi connectivity index (χ3n) is 13.0. The molecule has 324 valence electrons. The molecule has 16 heteroatoms. The fraction of sp³-hybridized carbons (Fsp3) is 0.457. The minimum Gasteiger partial charge on any atom is -0.490 e. The van der Waals surface area contributed by atoms with Gasteiger partial charge in [-0.05, 0) is 94.5 Å². The highest BCUT2D eigenvalue weighted by Gasteiger charge is 2.45. The van der Waals surface area contributed by atoms with E-state index < -0.39 is 29.7 Å². The van der Waals surface area contributed by atoms with Gasteiger partial charge in [-0.2, -0.15) is 5.26 Å². The number of amides is 6. The van der Waals surface area contributed by atoms with Gasteiger partial charge in [0.15, 0.2) is 0 Å². The quantitative estimate of drug-likeness (QED) is 0.175. The Balaban J connectivity index is 0.791. The number of anilines is 3. The molecule has 4 fully saturated rings. The molecule has 15 nitrogen and oxygen atoms in total. The Hall–Kier alpha value is -5.98. The second-order valence-corrected chi connectivity index (χ2v) is 17.7. The lowest BCUT2D eigenvalue weighted by Gasteiger charge is -2.46. The third-order valence-corrected chi connectivity index (χ3v) is 13.4. The monoisotopic (exact) mass is 861 g/mol. The number of nitrogens with zero attached hydrogens (tertiary/aromatic N) is 7. The molecule has 0 spiro atoms. The lowest BCUT2D eigenvalue weighted by atomic mass is 9.85. The van der Waals surface area contributed by atoms with E-state index in [4.69, 9.17) is 21.3 Å². The summed E-state index contributed by atoms with van der Waals surface area (Å²) in [6.45, 7) is 14.3. The van der Waals surface area contributed by atoms with Crippen LogP contribution >= 0.6 is 11.6 Å². The number of halogens is 1. The van der Waals surface area contributed by atoms with Gasteiger partial charge in [-0.1, -0.05) is 17.7 Å². The van der Waals surface area contributed by atoms with Crippen molar-refractivity contribution in [3.05, 3.63) is 89.1 Å². The highest BCUT2D eigenvalue weighted by Crippen LogP contribution is 2.36. The number of carbonyl (C=O) groups excluding carboxylic acids is 5. The lowest BCUT2D eigenvalue weighted by molar-refractivity contribution is -0.136. The van der Waals surface area contributed by atoms with Crippen molar-refractivity contribution in [2.45, 2.75) is 95.6 Å². The average Bonchev–Trinajstić information content (AvgIpc) is 3.49. The van der Waals surface area contributed by atoms with Gasteiger partial charge in [0, 0.05) is 75.8 Å². The predicted molar refractivity (Wildman–Crippen MR) is 234 cm³/mol. The normalized spacial score (nSPS) is 24.2. The summed E-state index contributed by atoms with van der Waals surface area (Å²) in [5.74, 6) is -0.175. The maximum atomic E-state index is 13.5. The summed E-state index contributed by atoms with van der Waals surface area (Å²) < 4.78 is 6.30. The van der Waals surface area contributed by atoms with Crippen LogP contribution in [0.3, 0.4) is 0 Å². The molecule has 1 aliphatic carbocycles. The summed E-state index contributed by atoms with van der Waals surface area (Å²) in [6.07, 6.45) is 7.44. The van der Waals surface area contributed by atoms with Gasteiger partial charge in [-0.15, -0.1) is 6.58 Å². The van der Waals surface area contributed by atoms with Gasteiger partial charge < -0.3 is 24.8 Å². The van der Waals surface area contributed by atoms with Crippen molar-refractivity contribution in [3.63, 3.8) is 0 Å². The van der Waals surface area contributed by atoms with Crippen molar-refractivity contribution < 1.29 is 28.7 Å². The SMILES string of the molecule is C=C[C@@H]1CN(c2ccc(C#N)c(Cl)c2)[C@@H](C)CN1C(=O)Nc1ccc(N2CCC(CN(C(C)C)C3CC(Oc4ccc5c(c4)C(=O)N(C4CCC(=O)NC4=O)C5=O)C3)CC2)nc1. The number of fused-ring (bicyclic) bond motifs is 1. The van der Waals surface area contributed by atoms with Crippen LogP contribution in [-0.4, -0.2) is 118 Å². The Bertz CT molecular complexity index is 2300. The second-order valence-electron chi connectivity index (χ2n) is 17.3. The molecular formula is C46H52ClN9O6. The van der Waals surface area contributed by atoms with Gasteiger partial charge in [0.25, 0.3) is 11.8 Å². The molecule has 6 amide bonds. The molecule has 0 radical (unpaired) electrons. The molecule has 62 heavy (non-hydrogen) atoms. The van der Waals surface area contributed by atoms with Gasteiger partial charge in [0.05, 0.1) is 39.6 Å². The molecule has 5 heterocycles. The van der Waals surface area contributed by atoms with Gasteiger partial charge in [-0.25, -0.2) is 9.78 Å². The first-order chi connectivity index (χ1) is 29.8. The number of nitrogens with one attached hydrogen (secondary N) is 2. The molecule has 1 unspecified atom stereocenters. The largest absolute Gasteiger partial charge is 0.490 e. The van der Waals surface area contributed by atoms with Gasteiger partial charge in [0.2, 0.25) is 11.8 Å². The van der Waals surface area contributed by atoms with E-state index in [0.29, 0.717) is 53.1 Å². The molecule has 3 saturated heterocycles. The molecule has 3 atom stereocenters. The van der Waals surface area contributed by atoms with Crippen molar-refractivity contribution in [1.29, 1.82) is 5.26 Å². The highest BCUT2D eigenvalue weighted by atomic mass is 35.5. The number of rotatable bonds is 11. The molecule has 5 aliphatic rings. The Labute approximate surface area is 366 Å². The van der Waals surface area contributed by atoms with Crippen LogP contribution in [0.15, 0.2) is 67.4 Å². The Morgan fingerprint density at radius 3 is 2.47 bits per heavy atom. The van der Waals surface area contributed by atoms with Gasteiger partial charge in [0.1, 0.15) is 29.8 Å². The summed E-state index contributed by atoms with van der Waals surface area (Å²) in [5.41, 5.74) is 2.39. The number of hydrogen-bond acceptors (Lipinski definition) is 11. The number of pyridine rings is 1. The predicted octanol–water partition coefficient (Wildman–Crippen LogP) is 5.84. The molecule has 1 saturated carbocycles. The Kier molecular flexibility index (Phi) is 12.2. The second kappa shape index (κ2) is 17.8. The van der Waals surface area contributed by atoms with E-state index in [1.54, 1.807) is 47.5 Å². The van der Waals surface area contributed by atoms with Crippen LogP contribution in [-0.2, 0) is 9.59 Å². The highest BCUT2D eigenvalue weighted by molar-refractivity contribution is 6.32. The summed E-state index contributed by atoms with van der Waals surface area (Å²) in [7, 11) is 0. The number of carbonyl (C=O) groups is 5. The number of ether oxygens (including phenoxy) is 1. The molecule has 0 bridgehead atoms. The van der Waals surface area contributed by atoms with E-state index in [0.717, 1.165) is 61.7 Å². The summed E-state index contributed by atoms with van der Waals surface area (Å²) >= 11 is 6.33. The Morgan fingerprint density at radius 2 is 1.81 bits per heavy atom. The fourth-order valence-corrected chi connectivity index (χ4v) is 9.67. The number of benzene rings is 2. The van der Waals surface area contributed by atoms with E-state index in [2.05, 4.69) is 58.8 Å². The zero-order valence-electron chi connectivity index (χ0n) is 35.3. The molecule has 3 aromatic rings. The van der Waals surface area contributed by atoms with Crippen molar-refractivity contribution in [3.8, 4) is 11.8 Å². The maximum absolute atomic E-state index is 13.5. The number of nitriles is 1. The Morgan fingerprint density at radius 1 is 1.05 bits per heavy atom. The number of aromatic nitrogens is 1. The smallest absolute Gasteiger partial charge is 0.322 e. The molecule has 1 aromatic heterocycles. The maximum Gasteiger partial charge on any atom is 0.322 e. The number of piperazine rings is 1. The first-order valence-corrected chi connectivity index (χ1v) is 21.8. The minimum atomic E-state index is -1.00. The molecule has 8 rings (SSSR count). The number of piperidine rings is 2. The first kappa shape index (κ1) is 42.7. The van der Waals surface area contributed by atoms with Crippen molar-refractivity contribution in [2.24, 2.45) is 5.92 Å². The first-order valence-electron chi connectivity index (χ1n) is 21.5. The number of urea groups is 1. The fourth-order valence-electron chi connectivity index (χ4n) is 9.45. The number of hydrogen-bond donors (Lipinski definition) is 2. The zero-order valence-corrected chi connectivity index (χ0v) is 36.0. The topological polar surface area (TPSA) is 172 Å². The van der Waals surface area contributed by atoms with E-state index in [-0.39, 0.29) is 48.2 Å². The van der Waals surface area contributed by atoms with Crippen LogP contribution in [0, 0.1) is 17.2 Å². The van der Waals surface area contributed by atoms with Gasteiger partial charge >= 0.3 is 6.03 Å². The summed E-state index contributed by atoms with van der Waals surface area (Å²) in [4.78, 5) is 78.5. The lowest BCUT2D eigenvalue weighted by Crippen LogP contribution is -2.59. The summed E-state index contributed by atoms with van der Waals surface area (Å²) in [6, 6.07) is 15.5. The van der Waals surface area contributed by atoms with Crippen LogP contribution in [0.4, 0.5) is 22.0 Å². The van der Waals surface area contributed by atoms with Crippen molar-refractivity contribution >= 4 is 58.5 Å². The minimum absolute atomic E-state index is 0.00540. The van der Waals surface area contributed by atoms with Gasteiger partial charge in [-0.3, -0.25) is 34.3 Å². The average molecular weight is 862 g/mol. The van der Waals surface area contributed by atoms with Crippen LogP contribution in [0.2, 0.25) is 5.02 Å². The van der Waals surface area contributed by atoms with Crippen LogP contribution in [0.5, 0.6) is 5.75 Å². The molecular weight excluding hydrogens is 810 g/mol. The van der Waals surface area contributed by atoms with E-state index in [1.165, 1.54) is 0 Å². The van der Waals surface area contributed by atoms with Crippen molar-refractivity contribution in [2.75, 3.05) is 47.8 Å².